The summed E-state index contributed by atoms with van der Waals surface area (Å²) >= 11 is 6.38. The number of rotatable bonds is 6. The zero-order valence-electron chi connectivity index (χ0n) is 13.4. The first-order valence-electron chi connectivity index (χ1n) is 7.15. The van der Waals surface area contributed by atoms with Gasteiger partial charge in [0.25, 0.3) is 5.91 Å². The number of nitro benzene ring substituents is 1. The molecule has 2 aromatic rings. The number of nitro groups is 1. The van der Waals surface area contributed by atoms with Crippen LogP contribution in [0.2, 0.25) is 0 Å². The lowest BCUT2D eigenvalue weighted by molar-refractivity contribution is -0.385. The number of halogens is 2. The van der Waals surface area contributed by atoms with Crippen LogP contribution in [-0.2, 0) is 4.79 Å². The number of hydrazone groups is 1. The van der Waals surface area contributed by atoms with E-state index >= 15 is 0 Å². The van der Waals surface area contributed by atoms with Gasteiger partial charge in [-0.3, -0.25) is 14.9 Å². The van der Waals surface area contributed by atoms with Crippen molar-refractivity contribution in [2.45, 2.75) is 6.92 Å². The highest BCUT2D eigenvalue weighted by Gasteiger charge is 2.16. The molecule has 0 unspecified atom stereocenters. The Morgan fingerprint density at radius 2 is 2.00 bits per heavy atom. The fourth-order valence-electron chi connectivity index (χ4n) is 1.91. The maximum atomic E-state index is 11.8. The van der Waals surface area contributed by atoms with E-state index in [-0.39, 0.29) is 17.2 Å². The molecule has 0 saturated carbocycles. The number of phenolic OH excluding ortho intramolecular Hbond substituents is 1. The van der Waals surface area contributed by atoms with E-state index in [2.05, 4.69) is 42.4 Å². The summed E-state index contributed by atoms with van der Waals surface area (Å²) in [7, 11) is 0. The second-order valence-corrected chi connectivity index (χ2v) is 6.85. The minimum atomic E-state index is -0.576. The molecule has 0 fully saturated rings. The number of nitrogens with zero attached hydrogens (tertiary/aromatic N) is 2. The van der Waals surface area contributed by atoms with E-state index in [1.165, 1.54) is 18.3 Å². The molecule has 1 amide bonds. The largest absolute Gasteiger partial charge is 0.506 e. The molecule has 0 aliphatic carbocycles. The minimum absolute atomic E-state index is 0.00567. The number of hydrogen-bond donors (Lipinski definition) is 2. The summed E-state index contributed by atoms with van der Waals surface area (Å²) in [6.07, 6.45) is 1.38. The number of nitrogens with one attached hydrogen (secondary N) is 1. The van der Waals surface area contributed by atoms with Gasteiger partial charge in [0.2, 0.25) is 0 Å². The van der Waals surface area contributed by atoms with Crippen molar-refractivity contribution in [3.63, 3.8) is 0 Å². The Morgan fingerprint density at radius 1 is 1.35 bits per heavy atom. The van der Waals surface area contributed by atoms with Crippen LogP contribution in [0.1, 0.15) is 11.1 Å². The van der Waals surface area contributed by atoms with Crippen LogP contribution < -0.4 is 10.2 Å². The van der Waals surface area contributed by atoms with Gasteiger partial charge in [0.1, 0.15) is 5.75 Å². The number of aryl methyl sites for hydroxylation is 1. The average molecular weight is 487 g/mol. The second-order valence-electron chi connectivity index (χ2n) is 5.14. The van der Waals surface area contributed by atoms with E-state index in [0.29, 0.717) is 20.1 Å². The summed E-state index contributed by atoms with van der Waals surface area (Å²) < 4.78 is 6.13. The fourth-order valence-corrected chi connectivity index (χ4v) is 3.13. The second kappa shape index (κ2) is 8.77. The van der Waals surface area contributed by atoms with E-state index < -0.39 is 17.4 Å². The maximum absolute atomic E-state index is 11.8. The molecule has 0 aliphatic rings. The zero-order chi connectivity index (χ0) is 19.3. The third-order valence-electron chi connectivity index (χ3n) is 3.11. The van der Waals surface area contributed by atoms with Gasteiger partial charge in [0, 0.05) is 6.07 Å². The summed E-state index contributed by atoms with van der Waals surface area (Å²) in [6, 6.07) is 7.68. The third-order valence-corrected chi connectivity index (χ3v) is 4.32. The molecule has 136 valence electrons. The van der Waals surface area contributed by atoms with Gasteiger partial charge in [0.15, 0.2) is 12.4 Å². The van der Waals surface area contributed by atoms with Crippen LogP contribution in [-0.4, -0.2) is 28.8 Å². The Kier molecular flexibility index (Phi) is 6.70. The Labute approximate surface area is 165 Å². The lowest BCUT2D eigenvalue weighted by Crippen LogP contribution is -2.24. The summed E-state index contributed by atoms with van der Waals surface area (Å²) in [5.41, 5.74) is 3.38. The molecule has 0 aromatic heterocycles. The topological polar surface area (TPSA) is 114 Å². The lowest BCUT2D eigenvalue weighted by Gasteiger charge is -2.06. The number of hydrogen-bond acceptors (Lipinski definition) is 6. The molecule has 0 radical (unpaired) electrons. The molecule has 2 N–H and O–H groups in total. The van der Waals surface area contributed by atoms with Crippen molar-refractivity contribution in [3.8, 4) is 11.5 Å². The van der Waals surface area contributed by atoms with Gasteiger partial charge in [-0.1, -0.05) is 6.07 Å². The smallest absolute Gasteiger partial charge is 0.311 e. The predicted molar refractivity (Wildman–Crippen MR) is 103 cm³/mol. The van der Waals surface area contributed by atoms with Gasteiger partial charge >= 0.3 is 5.69 Å². The molecule has 0 saturated heterocycles. The Balaban J connectivity index is 1.95. The first-order chi connectivity index (χ1) is 12.3. The number of aromatic hydroxyl groups is 1. The highest BCUT2D eigenvalue weighted by Crippen LogP contribution is 2.32. The number of ether oxygens (including phenoxy) is 1. The first-order valence-corrected chi connectivity index (χ1v) is 8.74. The fraction of sp³-hybridized carbons (Fsp3) is 0.125. The highest BCUT2D eigenvalue weighted by atomic mass is 79.9. The molecule has 0 aliphatic heterocycles. The molecule has 0 heterocycles. The molecule has 0 bridgehead atoms. The van der Waals surface area contributed by atoms with Crippen LogP contribution >= 0.6 is 31.9 Å². The standard InChI is InChI=1S/C16H13Br2N3O5/c1-9-2-3-14(13(4-9)21(24)25)26-8-15(22)20-19-7-10-5-11(17)16(23)12(18)6-10/h2-7,23H,8H2,1H3,(H,20,22)/b19-7-. The average Bonchev–Trinajstić information content (AvgIpc) is 2.58. The predicted octanol–water partition coefficient (Wildman–Crippen LogP) is 3.66. The number of phenols is 1. The highest BCUT2D eigenvalue weighted by molar-refractivity contribution is 9.11. The van der Waals surface area contributed by atoms with Crippen molar-refractivity contribution in [2.24, 2.45) is 5.10 Å². The van der Waals surface area contributed by atoms with E-state index in [9.17, 15) is 20.0 Å². The van der Waals surface area contributed by atoms with Crippen molar-refractivity contribution in [2.75, 3.05) is 6.61 Å². The molecule has 0 atom stereocenters. The Bertz CT molecular complexity index is 863. The van der Waals surface area contributed by atoms with Crippen LogP contribution in [0, 0.1) is 17.0 Å². The molecular formula is C16H13Br2N3O5. The number of benzene rings is 2. The van der Waals surface area contributed by atoms with Gasteiger partial charge in [-0.25, -0.2) is 5.43 Å². The summed E-state index contributed by atoms with van der Waals surface area (Å²) in [5.74, 6) is -0.515. The summed E-state index contributed by atoms with van der Waals surface area (Å²) in [6.45, 7) is 1.29. The molecule has 2 aromatic carbocycles. The van der Waals surface area contributed by atoms with E-state index in [4.69, 9.17) is 4.74 Å². The van der Waals surface area contributed by atoms with Crippen LogP contribution in [0.4, 0.5) is 5.69 Å². The van der Waals surface area contributed by atoms with Gasteiger partial charge in [-0.15, -0.1) is 0 Å². The monoisotopic (exact) mass is 485 g/mol. The SMILES string of the molecule is Cc1ccc(OCC(=O)N/N=C\c2cc(Br)c(O)c(Br)c2)c([N+](=O)[O-])c1. The quantitative estimate of drug-likeness (QED) is 0.367. The first kappa shape index (κ1) is 19.9. The van der Waals surface area contributed by atoms with Crippen molar-refractivity contribution >= 4 is 49.7 Å². The minimum Gasteiger partial charge on any atom is -0.506 e. The van der Waals surface area contributed by atoms with Crippen molar-refractivity contribution in [1.82, 2.24) is 5.43 Å². The van der Waals surface area contributed by atoms with E-state index in [1.807, 2.05) is 0 Å². The van der Waals surface area contributed by atoms with Crippen LogP contribution in [0.15, 0.2) is 44.4 Å². The van der Waals surface area contributed by atoms with Crippen molar-refractivity contribution < 1.29 is 19.6 Å². The number of amides is 1. The number of carbonyl (C=O) groups is 1. The molecule has 10 heteroatoms. The number of carbonyl (C=O) groups excluding carboxylic acids is 1. The van der Waals surface area contributed by atoms with Crippen LogP contribution in [0.25, 0.3) is 0 Å². The van der Waals surface area contributed by atoms with E-state index in [0.717, 1.165) is 0 Å². The molecule has 0 spiro atoms. The van der Waals surface area contributed by atoms with Gasteiger partial charge < -0.3 is 9.84 Å². The third kappa shape index (κ3) is 5.27. The molecule has 26 heavy (non-hydrogen) atoms. The summed E-state index contributed by atoms with van der Waals surface area (Å²) in [4.78, 5) is 22.2. The van der Waals surface area contributed by atoms with E-state index in [1.54, 1.807) is 25.1 Å². The molecule has 8 nitrogen and oxygen atoms in total. The Morgan fingerprint density at radius 3 is 2.62 bits per heavy atom. The Hall–Kier alpha value is -2.46. The maximum Gasteiger partial charge on any atom is 0.311 e. The van der Waals surface area contributed by atoms with Crippen molar-refractivity contribution in [1.29, 1.82) is 0 Å². The lowest BCUT2D eigenvalue weighted by atomic mass is 10.2. The zero-order valence-corrected chi connectivity index (χ0v) is 16.6. The molecule has 2 rings (SSSR count). The van der Waals surface area contributed by atoms with Crippen LogP contribution in [0.3, 0.4) is 0 Å². The van der Waals surface area contributed by atoms with Gasteiger partial charge in [-0.05, 0) is 68.1 Å². The summed E-state index contributed by atoms with van der Waals surface area (Å²) in [5, 5.41) is 24.4. The van der Waals surface area contributed by atoms with Crippen molar-refractivity contribution in [3.05, 3.63) is 60.5 Å². The normalized spacial score (nSPS) is 10.7. The van der Waals surface area contributed by atoms with Crippen LogP contribution in [0.5, 0.6) is 11.5 Å². The van der Waals surface area contributed by atoms with Gasteiger partial charge in [0.05, 0.1) is 20.1 Å². The molecular weight excluding hydrogens is 474 g/mol. The van der Waals surface area contributed by atoms with Gasteiger partial charge in [-0.2, -0.15) is 5.10 Å².